The van der Waals surface area contributed by atoms with Gasteiger partial charge < -0.3 is 14.5 Å². The zero-order valence-corrected chi connectivity index (χ0v) is 9.92. The summed E-state index contributed by atoms with van der Waals surface area (Å²) in [6.45, 7) is 1.29. The maximum absolute atomic E-state index is 5.41. The molecule has 2 rings (SSSR count). The Bertz CT molecular complexity index is 411. The Morgan fingerprint density at radius 3 is 3.25 bits per heavy atom. The van der Waals surface area contributed by atoms with Crippen LogP contribution >= 0.6 is 11.3 Å². The molecule has 2 heterocycles. The highest BCUT2D eigenvalue weighted by atomic mass is 32.1. The van der Waals surface area contributed by atoms with Crippen molar-refractivity contribution in [1.82, 2.24) is 10.3 Å². The molecule has 1 N–H and O–H groups in total. The third-order valence-electron chi connectivity index (χ3n) is 2.04. The van der Waals surface area contributed by atoms with Crippen molar-refractivity contribution in [3.63, 3.8) is 0 Å². The molecule has 0 saturated heterocycles. The van der Waals surface area contributed by atoms with Crippen molar-refractivity contribution in [2.45, 2.75) is 13.0 Å². The summed E-state index contributed by atoms with van der Waals surface area (Å²) in [5.41, 5.74) is 0.855. The quantitative estimate of drug-likeness (QED) is 0.837. The van der Waals surface area contributed by atoms with Crippen LogP contribution in [-0.2, 0) is 13.0 Å². The molecule has 0 radical (unpaired) electrons. The number of nitrogens with zero attached hydrogens (tertiary/aromatic N) is 1. The number of thiophene rings is 1. The first kappa shape index (κ1) is 11.2. The van der Waals surface area contributed by atoms with Crippen molar-refractivity contribution in [2.75, 3.05) is 13.7 Å². The van der Waals surface area contributed by atoms with Gasteiger partial charge in [-0.15, -0.1) is 11.3 Å². The average molecular weight is 238 g/mol. The molecule has 0 saturated carbocycles. The molecule has 0 aromatic carbocycles. The highest BCUT2D eigenvalue weighted by Crippen LogP contribution is 2.12. The molecule has 0 spiro atoms. The zero-order chi connectivity index (χ0) is 11.2. The SMILES string of the molecule is CNCc1coc(OCCc2cccs2)n1. The summed E-state index contributed by atoms with van der Waals surface area (Å²) in [6, 6.07) is 4.13. The van der Waals surface area contributed by atoms with Crippen LogP contribution in [0.2, 0.25) is 0 Å². The molecule has 0 fully saturated rings. The van der Waals surface area contributed by atoms with Gasteiger partial charge in [0.25, 0.3) is 0 Å². The van der Waals surface area contributed by atoms with Gasteiger partial charge in [0.1, 0.15) is 6.26 Å². The summed E-state index contributed by atoms with van der Waals surface area (Å²) in [6.07, 6.45) is 2.85. The summed E-state index contributed by atoms with van der Waals surface area (Å²) in [4.78, 5) is 5.48. The molecule has 86 valence electrons. The molecule has 0 aliphatic heterocycles. The lowest BCUT2D eigenvalue weighted by molar-refractivity contribution is 0.234. The lowest BCUT2D eigenvalue weighted by atomic mass is 10.4. The molecule has 16 heavy (non-hydrogen) atoms. The van der Waals surface area contributed by atoms with Crippen LogP contribution in [0.5, 0.6) is 6.08 Å². The summed E-state index contributed by atoms with van der Waals surface area (Å²) in [7, 11) is 1.87. The lowest BCUT2D eigenvalue weighted by Gasteiger charge is -1.98. The van der Waals surface area contributed by atoms with Crippen molar-refractivity contribution in [2.24, 2.45) is 0 Å². The fraction of sp³-hybridized carbons (Fsp3) is 0.364. The molecule has 0 aliphatic rings. The van der Waals surface area contributed by atoms with Gasteiger partial charge in [-0.25, -0.2) is 0 Å². The van der Waals surface area contributed by atoms with Gasteiger partial charge in [0.2, 0.25) is 0 Å². The van der Waals surface area contributed by atoms with Crippen molar-refractivity contribution in [1.29, 1.82) is 0 Å². The van der Waals surface area contributed by atoms with Gasteiger partial charge >= 0.3 is 6.08 Å². The van der Waals surface area contributed by atoms with Crippen molar-refractivity contribution >= 4 is 11.3 Å². The molecule has 0 atom stereocenters. The Morgan fingerprint density at radius 2 is 2.50 bits per heavy atom. The van der Waals surface area contributed by atoms with E-state index in [4.69, 9.17) is 9.15 Å². The summed E-state index contributed by atoms with van der Waals surface area (Å²) >= 11 is 1.73. The summed E-state index contributed by atoms with van der Waals surface area (Å²) in [5, 5.41) is 5.06. The number of aromatic nitrogens is 1. The van der Waals surface area contributed by atoms with Gasteiger partial charge in [-0.2, -0.15) is 4.98 Å². The van der Waals surface area contributed by atoms with E-state index >= 15 is 0 Å². The molecule has 2 aromatic rings. The van der Waals surface area contributed by atoms with Gasteiger partial charge in [0, 0.05) is 17.8 Å². The monoisotopic (exact) mass is 238 g/mol. The third kappa shape index (κ3) is 3.08. The van der Waals surface area contributed by atoms with E-state index in [2.05, 4.69) is 21.7 Å². The van der Waals surface area contributed by atoms with Gasteiger partial charge in [0.05, 0.1) is 12.3 Å². The lowest BCUT2D eigenvalue weighted by Crippen LogP contribution is -2.05. The fourth-order valence-electron chi connectivity index (χ4n) is 1.31. The van der Waals surface area contributed by atoms with Gasteiger partial charge in [-0.3, -0.25) is 0 Å². The van der Waals surface area contributed by atoms with E-state index in [9.17, 15) is 0 Å². The van der Waals surface area contributed by atoms with E-state index in [1.807, 2.05) is 13.1 Å². The minimum Gasteiger partial charge on any atom is -0.450 e. The fourth-order valence-corrected chi connectivity index (χ4v) is 2.00. The van der Waals surface area contributed by atoms with Gasteiger partial charge in [-0.1, -0.05) is 6.07 Å². The molecule has 0 amide bonds. The van der Waals surface area contributed by atoms with Crippen molar-refractivity contribution < 1.29 is 9.15 Å². The minimum atomic E-state index is 0.349. The molecule has 4 nitrogen and oxygen atoms in total. The third-order valence-corrected chi connectivity index (χ3v) is 2.98. The standard InChI is InChI=1S/C11H14N2O2S/c1-12-7-9-8-15-11(13-9)14-5-4-10-3-2-6-16-10/h2-3,6,8,12H,4-5,7H2,1H3. The predicted octanol–water partition coefficient (Wildman–Crippen LogP) is 2.08. The Hall–Kier alpha value is -1.33. The first-order valence-corrected chi connectivity index (χ1v) is 6.00. The molecule has 0 unspecified atom stereocenters. The molecular formula is C11H14N2O2S. The Morgan fingerprint density at radius 1 is 1.56 bits per heavy atom. The number of rotatable bonds is 6. The average Bonchev–Trinajstić information content (AvgIpc) is 2.90. The number of hydrogen-bond acceptors (Lipinski definition) is 5. The Balaban J connectivity index is 1.76. The largest absolute Gasteiger partial charge is 0.450 e. The Kier molecular flexibility index (Phi) is 3.96. The molecule has 0 aliphatic carbocycles. The van der Waals surface area contributed by atoms with Crippen LogP contribution in [0.3, 0.4) is 0 Å². The second-order valence-electron chi connectivity index (χ2n) is 3.31. The number of ether oxygens (including phenoxy) is 1. The van der Waals surface area contributed by atoms with Crippen molar-refractivity contribution in [3.8, 4) is 6.08 Å². The van der Waals surface area contributed by atoms with E-state index in [1.54, 1.807) is 17.6 Å². The number of hydrogen-bond donors (Lipinski definition) is 1. The van der Waals surface area contributed by atoms with E-state index in [-0.39, 0.29) is 0 Å². The predicted molar refractivity (Wildman–Crippen MR) is 62.8 cm³/mol. The first-order valence-electron chi connectivity index (χ1n) is 5.12. The first-order chi connectivity index (χ1) is 7.88. The smallest absolute Gasteiger partial charge is 0.393 e. The molecule has 5 heteroatoms. The molecule has 2 aromatic heterocycles. The van der Waals surface area contributed by atoms with Crippen LogP contribution in [0.4, 0.5) is 0 Å². The van der Waals surface area contributed by atoms with Gasteiger partial charge in [-0.05, 0) is 18.5 Å². The van der Waals surface area contributed by atoms with Gasteiger partial charge in [0.15, 0.2) is 0 Å². The van der Waals surface area contributed by atoms with Crippen LogP contribution in [0.1, 0.15) is 10.6 Å². The highest BCUT2D eigenvalue weighted by molar-refractivity contribution is 7.09. The zero-order valence-electron chi connectivity index (χ0n) is 9.10. The molecule has 0 bridgehead atoms. The van der Waals surface area contributed by atoms with Crippen LogP contribution < -0.4 is 10.1 Å². The van der Waals surface area contributed by atoms with Crippen LogP contribution in [0, 0.1) is 0 Å². The maximum atomic E-state index is 5.41. The normalized spacial score (nSPS) is 10.6. The summed E-state index contributed by atoms with van der Waals surface area (Å²) < 4.78 is 10.6. The topological polar surface area (TPSA) is 47.3 Å². The molecular weight excluding hydrogens is 224 g/mol. The highest BCUT2D eigenvalue weighted by Gasteiger charge is 2.04. The van der Waals surface area contributed by atoms with Crippen LogP contribution in [0.15, 0.2) is 28.2 Å². The van der Waals surface area contributed by atoms with Crippen LogP contribution in [-0.4, -0.2) is 18.6 Å². The number of oxazole rings is 1. The minimum absolute atomic E-state index is 0.349. The van der Waals surface area contributed by atoms with Crippen LogP contribution in [0.25, 0.3) is 0 Å². The Labute approximate surface area is 98.3 Å². The van der Waals surface area contributed by atoms with E-state index < -0.39 is 0 Å². The number of nitrogens with one attached hydrogen (secondary N) is 1. The second-order valence-corrected chi connectivity index (χ2v) is 4.35. The van der Waals surface area contributed by atoms with E-state index in [0.717, 1.165) is 12.1 Å². The maximum Gasteiger partial charge on any atom is 0.393 e. The summed E-state index contributed by atoms with van der Waals surface area (Å²) in [5.74, 6) is 0. The van der Waals surface area contributed by atoms with E-state index in [0.29, 0.717) is 19.2 Å². The van der Waals surface area contributed by atoms with E-state index in [1.165, 1.54) is 4.88 Å². The van der Waals surface area contributed by atoms with Crippen molar-refractivity contribution in [3.05, 3.63) is 34.3 Å². The second kappa shape index (κ2) is 5.67.